The number of hydrogen-bond acceptors (Lipinski definition) is 11. The molecule has 0 aliphatic heterocycles. The van der Waals surface area contributed by atoms with Crippen molar-refractivity contribution in [2.75, 3.05) is 0 Å². The van der Waals surface area contributed by atoms with Crippen molar-refractivity contribution >= 4 is 29.6 Å². The van der Waals surface area contributed by atoms with E-state index in [-0.39, 0.29) is 28.4 Å². The van der Waals surface area contributed by atoms with Gasteiger partial charge in [0.1, 0.15) is 40.2 Å². The molecule has 6 aromatic carbocycles. The zero-order chi connectivity index (χ0) is 40.9. The molecule has 0 spiro atoms. The number of aromatic carboxylic acids is 2. The SMILES string of the molecule is CC(C)(c1ccc(Oc2ccc(OC(=O)c3cc(O)ccc3C(=O)O)cc2)cc1)c1ccc(Oc2ccc(OC(=O)c3cc([N+](=O)[O-])ccc3C(=O)O)cc2)cc1. The summed E-state index contributed by atoms with van der Waals surface area (Å²) in [6.07, 6.45) is 0. The largest absolute Gasteiger partial charge is 0.508 e. The van der Waals surface area contributed by atoms with E-state index in [0.29, 0.717) is 23.0 Å². The van der Waals surface area contributed by atoms with Gasteiger partial charge in [-0.25, -0.2) is 19.2 Å². The molecule has 57 heavy (non-hydrogen) atoms. The van der Waals surface area contributed by atoms with Gasteiger partial charge in [-0.1, -0.05) is 38.1 Å². The van der Waals surface area contributed by atoms with Crippen molar-refractivity contribution in [1.29, 1.82) is 0 Å². The second kappa shape index (κ2) is 16.2. The van der Waals surface area contributed by atoms with Crippen molar-refractivity contribution in [3.05, 3.63) is 177 Å². The maximum absolute atomic E-state index is 12.7. The molecule has 0 saturated heterocycles. The first-order chi connectivity index (χ1) is 27.2. The Kier molecular flexibility index (Phi) is 11.0. The van der Waals surface area contributed by atoms with Crippen LogP contribution in [0.4, 0.5) is 5.69 Å². The van der Waals surface area contributed by atoms with E-state index in [4.69, 9.17) is 18.9 Å². The maximum Gasteiger partial charge on any atom is 0.344 e. The highest BCUT2D eigenvalue weighted by molar-refractivity contribution is 6.04. The van der Waals surface area contributed by atoms with E-state index in [2.05, 4.69) is 13.8 Å². The van der Waals surface area contributed by atoms with Crippen LogP contribution in [0.3, 0.4) is 0 Å². The number of esters is 2. The van der Waals surface area contributed by atoms with E-state index in [1.165, 1.54) is 30.3 Å². The molecular weight excluding hydrogens is 738 g/mol. The molecule has 6 aromatic rings. The van der Waals surface area contributed by atoms with Crippen LogP contribution in [0.5, 0.6) is 40.2 Å². The van der Waals surface area contributed by atoms with Gasteiger partial charge >= 0.3 is 23.9 Å². The number of phenols is 1. The Bertz CT molecular complexity index is 2490. The number of benzene rings is 6. The summed E-state index contributed by atoms with van der Waals surface area (Å²) in [7, 11) is 0. The lowest BCUT2D eigenvalue weighted by Gasteiger charge is -2.26. The Morgan fingerprint density at radius 2 is 0.860 bits per heavy atom. The Labute approximate surface area is 323 Å². The highest BCUT2D eigenvalue weighted by Gasteiger charge is 2.25. The molecule has 3 N–H and O–H groups in total. The molecule has 14 nitrogen and oxygen atoms in total. The van der Waals surface area contributed by atoms with Gasteiger partial charge in [0.15, 0.2) is 0 Å². The number of nitro groups is 1. The average molecular weight is 770 g/mol. The molecule has 0 fully saturated rings. The standard InChI is InChI=1S/C43H31NO13/c1-43(2,26-5-11-30(12-6-26)55-32-15-19-34(20-16-32)57-42(51)38-24-28(45)8-22-36(38)40(48)49)25-3-9-29(10-4-25)54-31-13-17-33(18-14-31)56-41(50)37-23-27(44(52)53)7-21-35(37)39(46)47/h3-24,45H,1-2H3,(H,46,47)(H,48,49). The summed E-state index contributed by atoms with van der Waals surface area (Å²) in [5, 5.41) is 39.6. The molecule has 0 aromatic heterocycles. The fourth-order valence-corrected chi connectivity index (χ4v) is 5.68. The normalized spacial score (nSPS) is 10.9. The number of carboxylic acid groups (broad SMARTS) is 2. The minimum atomic E-state index is -1.43. The summed E-state index contributed by atoms with van der Waals surface area (Å²) in [6.45, 7) is 4.14. The third-order valence-electron chi connectivity index (χ3n) is 8.81. The van der Waals surface area contributed by atoms with E-state index in [0.717, 1.165) is 41.5 Å². The Balaban J connectivity index is 1.04. The number of carbonyl (C=O) groups is 4. The van der Waals surface area contributed by atoms with Gasteiger partial charge in [-0.05, 0) is 108 Å². The fourth-order valence-electron chi connectivity index (χ4n) is 5.68. The first kappa shape index (κ1) is 38.7. The van der Waals surface area contributed by atoms with Crippen LogP contribution >= 0.6 is 0 Å². The van der Waals surface area contributed by atoms with Gasteiger partial charge in [-0.2, -0.15) is 0 Å². The van der Waals surface area contributed by atoms with E-state index in [1.807, 2.05) is 48.5 Å². The number of nitrogens with zero attached hydrogens (tertiary/aromatic N) is 1. The number of hydrogen-bond donors (Lipinski definition) is 3. The van der Waals surface area contributed by atoms with Crippen molar-refractivity contribution in [3.63, 3.8) is 0 Å². The third kappa shape index (κ3) is 9.04. The number of carboxylic acids is 2. The summed E-state index contributed by atoms with van der Waals surface area (Å²) in [6, 6.07) is 33.4. The molecule has 0 saturated carbocycles. The zero-order valence-corrected chi connectivity index (χ0v) is 30.1. The zero-order valence-electron chi connectivity index (χ0n) is 30.1. The van der Waals surface area contributed by atoms with Crippen LogP contribution in [-0.4, -0.2) is 44.1 Å². The molecule has 0 unspecified atom stereocenters. The van der Waals surface area contributed by atoms with Crippen LogP contribution in [0.15, 0.2) is 133 Å². The molecule has 0 aliphatic carbocycles. The topological polar surface area (TPSA) is 209 Å². The second-order valence-electron chi connectivity index (χ2n) is 12.9. The Hall–Kier alpha value is -8.00. The van der Waals surface area contributed by atoms with Gasteiger partial charge in [0.2, 0.25) is 0 Å². The van der Waals surface area contributed by atoms with Gasteiger partial charge in [0.25, 0.3) is 5.69 Å². The van der Waals surface area contributed by atoms with Crippen LogP contribution in [0, 0.1) is 10.1 Å². The van der Waals surface area contributed by atoms with Gasteiger partial charge in [0.05, 0.1) is 27.2 Å². The number of nitro benzene ring substituents is 1. The Morgan fingerprint density at radius 3 is 1.25 bits per heavy atom. The van der Waals surface area contributed by atoms with E-state index < -0.39 is 51.0 Å². The quantitative estimate of drug-likeness (QED) is 0.0434. The number of phenolic OH excluding ortho intramolecular Hbond substituents is 1. The molecule has 0 aliphatic rings. The second-order valence-corrected chi connectivity index (χ2v) is 12.9. The van der Waals surface area contributed by atoms with Gasteiger partial charge in [0, 0.05) is 17.5 Å². The molecular formula is C43H31NO13. The summed E-state index contributed by atoms with van der Waals surface area (Å²) in [4.78, 5) is 58.8. The summed E-state index contributed by atoms with van der Waals surface area (Å²) < 4.78 is 22.5. The molecule has 0 bridgehead atoms. The number of rotatable bonds is 13. The molecule has 14 heteroatoms. The fraction of sp³-hybridized carbons (Fsp3) is 0.0698. The molecule has 0 radical (unpaired) electrons. The lowest BCUT2D eigenvalue weighted by atomic mass is 9.78. The Morgan fingerprint density at radius 1 is 0.509 bits per heavy atom. The van der Waals surface area contributed by atoms with Crippen LogP contribution in [0.2, 0.25) is 0 Å². The van der Waals surface area contributed by atoms with E-state index in [9.17, 15) is 44.6 Å². The number of aromatic hydroxyl groups is 1. The van der Waals surface area contributed by atoms with Gasteiger partial charge < -0.3 is 34.3 Å². The van der Waals surface area contributed by atoms with Crippen LogP contribution in [0.25, 0.3) is 0 Å². The third-order valence-corrected chi connectivity index (χ3v) is 8.81. The minimum Gasteiger partial charge on any atom is -0.508 e. The first-order valence-corrected chi connectivity index (χ1v) is 17.0. The van der Waals surface area contributed by atoms with Crippen molar-refractivity contribution in [3.8, 4) is 40.2 Å². The van der Waals surface area contributed by atoms with Crippen LogP contribution in [-0.2, 0) is 5.41 Å². The predicted octanol–water partition coefficient (Wildman–Crippen LogP) is 9.05. The molecule has 6 rings (SSSR count). The minimum absolute atomic E-state index is 0.0746. The van der Waals surface area contributed by atoms with Gasteiger partial charge in [-0.3, -0.25) is 10.1 Å². The smallest absolute Gasteiger partial charge is 0.344 e. The van der Waals surface area contributed by atoms with Crippen LogP contribution in [0.1, 0.15) is 66.4 Å². The highest BCUT2D eigenvalue weighted by Crippen LogP contribution is 2.35. The molecule has 0 amide bonds. The van der Waals surface area contributed by atoms with Crippen molar-refractivity contribution < 1.29 is 58.4 Å². The average Bonchev–Trinajstić information content (AvgIpc) is 3.19. The van der Waals surface area contributed by atoms with E-state index >= 15 is 0 Å². The monoisotopic (exact) mass is 769 g/mol. The lowest BCUT2D eigenvalue weighted by molar-refractivity contribution is -0.384. The molecule has 0 atom stereocenters. The summed E-state index contributed by atoms with van der Waals surface area (Å²) >= 11 is 0. The van der Waals surface area contributed by atoms with Crippen molar-refractivity contribution in [2.24, 2.45) is 0 Å². The van der Waals surface area contributed by atoms with E-state index in [1.54, 1.807) is 24.3 Å². The van der Waals surface area contributed by atoms with Crippen molar-refractivity contribution in [2.45, 2.75) is 19.3 Å². The molecule has 286 valence electrons. The number of non-ortho nitro benzene ring substituents is 1. The van der Waals surface area contributed by atoms with Gasteiger partial charge in [-0.15, -0.1) is 0 Å². The summed E-state index contributed by atoms with van der Waals surface area (Å²) in [5.41, 5.74) is -0.333. The lowest BCUT2D eigenvalue weighted by Crippen LogP contribution is -2.18. The number of carbonyl (C=O) groups excluding carboxylic acids is 2. The summed E-state index contributed by atoms with van der Waals surface area (Å²) in [5.74, 6) is -2.82. The van der Waals surface area contributed by atoms with Crippen LogP contribution < -0.4 is 18.9 Å². The van der Waals surface area contributed by atoms with Crippen molar-refractivity contribution in [1.82, 2.24) is 0 Å². The number of ether oxygens (including phenoxy) is 4. The first-order valence-electron chi connectivity index (χ1n) is 17.0. The highest BCUT2D eigenvalue weighted by atomic mass is 16.6. The predicted molar refractivity (Wildman–Crippen MR) is 203 cm³/mol. The molecule has 0 heterocycles. The maximum atomic E-state index is 12.7.